The quantitative estimate of drug-likeness (QED) is 0.492. The summed E-state index contributed by atoms with van der Waals surface area (Å²) in [7, 11) is 1.64. The maximum atomic E-state index is 12.5. The van der Waals surface area contributed by atoms with Gasteiger partial charge in [0, 0.05) is 44.0 Å². The normalized spacial score (nSPS) is 15.3. The molecule has 1 atom stereocenters. The highest BCUT2D eigenvalue weighted by Gasteiger charge is 2.27. The number of nitrogens with zero attached hydrogens (tertiary/aromatic N) is 1. The first-order chi connectivity index (χ1) is 13.8. The number of Topliss-reactive ketones (excluding diaryl/α,β-unsaturated/α-hetero) is 1. The number of fused-ring (bicyclic) bond motifs is 3. The summed E-state index contributed by atoms with van der Waals surface area (Å²) >= 11 is 6.46. The monoisotopic (exact) mass is 419 g/mol. The lowest BCUT2D eigenvalue weighted by atomic mass is 10.0. The third-order valence-corrected chi connectivity index (χ3v) is 5.35. The zero-order valence-electron chi connectivity index (χ0n) is 17.2. The second-order valence-corrected chi connectivity index (χ2v) is 7.90. The number of benzene rings is 1. The van der Waals surface area contributed by atoms with Crippen molar-refractivity contribution < 1.29 is 19.0 Å². The van der Waals surface area contributed by atoms with Crippen LogP contribution in [0.3, 0.4) is 0 Å². The van der Waals surface area contributed by atoms with Crippen molar-refractivity contribution in [2.75, 3.05) is 26.9 Å². The van der Waals surface area contributed by atoms with Gasteiger partial charge in [0.05, 0.1) is 28.9 Å². The van der Waals surface area contributed by atoms with E-state index in [-0.39, 0.29) is 28.7 Å². The van der Waals surface area contributed by atoms with Crippen LogP contribution in [0.2, 0.25) is 5.02 Å². The average Bonchev–Trinajstić information content (AvgIpc) is 2.81. The Bertz CT molecular complexity index is 966. The molecule has 1 unspecified atom stereocenters. The number of ketones is 1. The molecule has 0 fully saturated rings. The lowest BCUT2D eigenvalue weighted by Crippen LogP contribution is -2.25. The highest BCUT2D eigenvalue weighted by Crippen LogP contribution is 2.42. The van der Waals surface area contributed by atoms with E-state index in [4.69, 9.17) is 25.8 Å². The Morgan fingerprint density at radius 3 is 2.72 bits per heavy atom. The molecule has 156 valence electrons. The van der Waals surface area contributed by atoms with Crippen molar-refractivity contribution in [3.63, 3.8) is 0 Å². The Morgan fingerprint density at radius 1 is 1.31 bits per heavy atom. The fourth-order valence-corrected chi connectivity index (χ4v) is 3.64. The molecule has 2 heterocycles. The third-order valence-electron chi connectivity index (χ3n) is 5.06. The summed E-state index contributed by atoms with van der Waals surface area (Å²) in [6.07, 6.45) is 2.39. The van der Waals surface area contributed by atoms with Crippen LogP contribution in [0.25, 0.3) is 11.3 Å². The molecule has 0 amide bonds. The Balaban J connectivity index is 2.09. The van der Waals surface area contributed by atoms with Gasteiger partial charge in [-0.2, -0.15) is 0 Å². The second-order valence-electron chi connectivity index (χ2n) is 7.50. The molecule has 0 spiro atoms. The van der Waals surface area contributed by atoms with Crippen LogP contribution in [-0.4, -0.2) is 37.3 Å². The van der Waals surface area contributed by atoms with Gasteiger partial charge in [-0.3, -0.25) is 9.59 Å². The van der Waals surface area contributed by atoms with E-state index in [9.17, 15) is 9.59 Å². The number of rotatable bonds is 7. The van der Waals surface area contributed by atoms with Crippen LogP contribution < -0.4 is 14.9 Å². The van der Waals surface area contributed by atoms with E-state index >= 15 is 0 Å². The van der Waals surface area contributed by atoms with Crippen molar-refractivity contribution in [1.29, 1.82) is 0 Å². The molecule has 2 aromatic rings. The molecule has 1 aliphatic rings. The average molecular weight is 420 g/mol. The number of carbonyl (C=O) groups is 1. The minimum atomic E-state index is -0.310. The molecule has 1 aromatic carbocycles. The number of methoxy groups -OCH3 is 1. The predicted molar refractivity (Wildman–Crippen MR) is 113 cm³/mol. The van der Waals surface area contributed by atoms with E-state index in [1.165, 1.54) is 13.0 Å². The SMILES string of the molecule is COCCCOc1cc2c(cc1Cl)-c1cc(=O)c(C(C)=O)cn1C(C(C)C)CO2. The fraction of sp³-hybridized carbons (Fsp3) is 0.455. The Morgan fingerprint density at radius 2 is 2.07 bits per heavy atom. The molecule has 6 nitrogen and oxygen atoms in total. The van der Waals surface area contributed by atoms with Crippen molar-refractivity contribution in [3.8, 4) is 22.8 Å². The first-order valence-electron chi connectivity index (χ1n) is 9.69. The second kappa shape index (κ2) is 9.01. The lowest BCUT2D eigenvalue weighted by molar-refractivity contribution is 0.101. The molecule has 0 aliphatic carbocycles. The van der Waals surface area contributed by atoms with Gasteiger partial charge in [0.25, 0.3) is 0 Å². The van der Waals surface area contributed by atoms with Gasteiger partial charge in [-0.1, -0.05) is 25.4 Å². The van der Waals surface area contributed by atoms with E-state index < -0.39 is 0 Å². The number of aromatic nitrogens is 1. The smallest absolute Gasteiger partial charge is 0.192 e. The van der Waals surface area contributed by atoms with E-state index in [1.54, 1.807) is 25.4 Å². The maximum Gasteiger partial charge on any atom is 0.192 e. The first-order valence-corrected chi connectivity index (χ1v) is 10.1. The summed E-state index contributed by atoms with van der Waals surface area (Å²) in [6, 6.07) is 4.97. The molecule has 1 aliphatic heterocycles. The molecule has 29 heavy (non-hydrogen) atoms. The molecule has 0 bridgehead atoms. The van der Waals surface area contributed by atoms with Crippen molar-refractivity contribution in [2.45, 2.75) is 33.2 Å². The van der Waals surface area contributed by atoms with Gasteiger partial charge in [0.15, 0.2) is 11.2 Å². The fourth-order valence-electron chi connectivity index (χ4n) is 3.42. The highest BCUT2D eigenvalue weighted by atomic mass is 35.5. The largest absolute Gasteiger partial charge is 0.492 e. The zero-order valence-corrected chi connectivity index (χ0v) is 17.9. The number of hydrogen-bond acceptors (Lipinski definition) is 5. The predicted octanol–water partition coefficient (Wildman–Crippen LogP) is 4.38. The van der Waals surface area contributed by atoms with Gasteiger partial charge in [-0.15, -0.1) is 0 Å². The standard InChI is InChI=1S/C22H26ClNO5/c1-13(2)19-12-29-21-10-22(28-7-5-6-27-4)17(23)8-15(21)18-9-20(26)16(14(3)25)11-24(18)19/h8-11,13,19H,5-7,12H2,1-4H3. The Labute approximate surface area is 175 Å². The molecule has 1 aromatic heterocycles. The number of pyridine rings is 1. The third kappa shape index (κ3) is 4.49. The number of hydrogen-bond donors (Lipinski definition) is 0. The number of halogens is 1. The van der Waals surface area contributed by atoms with Crippen LogP contribution in [0, 0.1) is 5.92 Å². The van der Waals surface area contributed by atoms with Crippen LogP contribution in [0.1, 0.15) is 43.6 Å². The van der Waals surface area contributed by atoms with Crippen LogP contribution in [0.15, 0.2) is 29.2 Å². The molecule has 0 saturated heterocycles. The minimum absolute atomic E-state index is 0.0408. The van der Waals surface area contributed by atoms with Gasteiger partial charge in [0.2, 0.25) is 0 Å². The zero-order chi connectivity index (χ0) is 21.1. The van der Waals surface area contributed by atoms with Gasteiger partial charge in [-0.05, 0) is 18.9 Å². The van der Waals surface area contributed by atoms with Gasteiger partial charge < -0.3 is 18.8 Å². The topological polar surface area (TPSA) is 66.8 Å². The first kappa shape index (κ1) is 21.4. The van der Waals surface area contributed by atoms with Crippen LogP contribution >= 0.6 is 11.6 Å². The van der Waals surface area contributed by atoms with Gasteiger partial charge in [0.1, 0.15) is 18.1 Å². The van der Waals surface area contributed by atoms with E-state index in [2.05, 4.69) is 13.8 Å². The Hall–Kier alpha value is -2.31. The molecule has 0 saturated carbocycles. The Kier molecular flexibility index (Phi) is 6.65. The summed E-state index contributed by atoms with van der Waals surface area (Å²) in [6.45, 7) is 7.04. The highest BCUT2D eigenvalue weighted by molar-refractivity contribution is 6.32. The maximum absolute atomic E-state index is 12.5. The molecule has 3 rings (SSSR count). The van der Waals surface area contributed by atoms with Crippen molar-refractivity contribution in [3.05, 3.63) is 45.2 Å². The van der Waals surface area contributed by atoms with Crippen molar-refractivity contribution >= 4 is 17.4 Å². The van der Waals surface area contributed by atoms with E-state index in [1.807, 2.05) is 4.57 Å². The summed E-state index contributed by atoms with van der Waals surface area (Å²) in [4.78, 5) is 24.5. The molecule has 0 N–H and O–H groups in total. The summed E-state index contributed by atoms with van der Waals surface area (Å²) in [5, 5.41) is 0.433. The van der Waals surface area contributed by atoms with Crippen molar-refractivity contribution in [1.82, 2.24) is 4.57 Å². The molecular formula is C22H26ClNO5. The van der Waals surface area contributed by atoms with E-state index in [0.717, 1.165) is 6.42 Å². The van der Waals surface area contributed by atoms with Gasteiger partial charge in [-0.25, -0.2) is 0 Å². The van der Waals surface area contributed by atoms with Crippen LogP contribution in [0.5, 0.6) is 11.5 Å². The number of ether oxygens (including phenoxy) is 3. The summed E-state index contributed by atoms with van der Waals surface area (Å²) in [5.74, 6) is 1.10. The molecule has 7 heteroatoms. The van der Waals surface area contributed by atoms with Crippen molar-refractivity contribution in [2.24, 2.45) is 5.92 Å². The number of carbonyl (C=O) groups excluding carboxylic acids is 1. The van der Waals surface area contributed by atoms with E-state index in [0.29, 0.717) is 47.6 Å². The summed E-state index contributed by atoms with van der Waals surface area (Å²) in [5.41, 5.74) is 1.25. The van der Waals surface area contributed by atoms with Crippen LogP contribution in [0.4, 0.5) is 0 Å². The van der Waals surface area contributed by atoms with Gasteiger partial charge >= 0.3 is 0 Å². The van der Waals surface area contributed by atoms with Crippen LogP contribution in [-0.2, 0) is 4.74 Å². The molecule has 0 radical (unpaired) electrons. The molecular weight excluding hydrogens is 394 g/mol. The summed E-state index contributed by atoms with van der Waals surface area (Å²) < 4.78 is 18.9. The lowest BCUT2D eigenvalue weighted by Gasteiger charge is -2.24. The minimum Gasteiger partial charge on any atom is -0.492 e.